The van der Waals surface area contributed by atoms with Gasteiger partial charge >= 0.3 is 0 Å². The Labute approximate surface area is 108 Å². The molecule has 0 bridgehead atoms. The van der Waals surface area contributed by atoms with Gasteiger partial charge in [-0.3, -0.25) is 14.0 Å². The number of carbonyl (C=O) groups excluding carboxylic acids is 1. The van der Waals surface area contributed by atoms with Crippen LogP contribution in [0.5, 0.6) is 0 Å². The molecular formula is C12H13N3O2S. The highest BCUT2D eigenvalue weighted by molar-refractivity contribution is 7.15. The average molecular weight is 263 g/mol. The summed E-state index contributed by atoms with van der Waals surface area (Å²) >= 11 is 1.37. The van der Waals surface area contributed by atoms with E-state index in [9.17, 15) is 9.59 Å². The number of thiazole rings is 1. The predicted molar refractivity (Wildman–Crippen MR) is 71.2 cm³/mol. The molecule has 0 aliphatic rings. The van der Waals surface area contributed by atoms with Gasteiger partial charge in [-0.25, -0.2) is 4.98 Å². The third-order valence-electron chi connectivity index (χ3n) is 2.51. The molecule has 6 heteroatoms. The number of aromatic nitrogens is 2. The van der Waals surface area contributed by atoms with Crippen molar-refractivity contribution in [3.8, 4) is 0 Å². The van der Waals surface area contributed by atoms with Crippen molar-refractivity contribution >= 4 is 22.2 Å². The Hall–Kier alpha value is -1.95. The molecular weight excluding hydrogens is 250 g/mol. The van der Waals surface area contributed by atoms with Crippen molar-refractivity contribution in [3.05, 3.63) is 45.8 Å². The van der Waals surface area contributed by atoms with Gasteiger partial charge < -0.3 is 5.32 Å². The topological polar surface area (TPSA) is 63.5 Å². The summed E-state index contributed by atoms with van der Waals surface area (Å²) in [4.78, 5) is 29.1. The molecule has 0 radical (unpaired) electrons. The molecule has 1 N–H and O–H groups in total. The van der Waals surface area contributed by atoms with Gasteiger partial charge in [-0.1, -0.05) is 13.0 Å². The first kappa shape index (κ1) is 12.5. The fourth-order valence-electron chi connectivity index (χ4n) is 1.66. The Morgan fingerprint density at radius 1 is 1.67 bits per heavy atom. The zero-order valence-corrected chi connectivity index (χ0v) is 10.8. The summed E-state index contributed by atoms with van der Waals surface area (Å²) in [5.41, 5.74) is 0.332. The van der Waals surface area contributed by atoms with Gasteiger partial charge in [0.05, 0.1) is 5.69 Å². The highest BCUT2D eigenvalue weighted by Gasteiger charge is 2.18. The molecule has 94 valence electrons. The van der Waals surface area contributed by atoms with Gasteiger partial charge in [-0.15, -0.1) is 17.9 Å². The fraction of sp³-hybridized carbons (Fsp3) is 0.250. The zero-order chi connectivity index (χ0) is 13.1. The Bertz CT molecular complexity index is 657. The number of nitrogens with zero attached hydrogens (tertiary/aromatic N) is 2. The molecule has 0 spiro atoms. The van der Waals surface area contributed by atoms with E-state index in [-0.39, 0.29) is 11.1 Å². The first-order valence-corrected chi connectivity index (χ1v) is 6.44. The fourth-order valence-corrected chi connectivity index (χ4v) is 2.38. The van der Waals surface area contributed by atoms with E-state index in [0.29, 0.717) is 23.6 Å². The minimum atomic E-state index is -0.398. The number of rotatable bonds is 4. The Balaban J connectivity index is 2.59. The second kappa shape index (κ2) is 5.14. The second-order valence-corrected chi connectivity index (χ2v) is 4.52. The van der Waals surface area contributed by atoms with Crippen LogP contribution in [-0.2, 0) is 6.42 Å². The van der Waals surface area contributed by atoms with Gasteiger partial charge in [-0.2, -0.15) is 0 Å². The summed E-state index contributed by atoms with van der Waals surface area (Å²) in [5, 5.41) is 4.39. The van der Waals surface area contributed by atoms with Crippen molar-refractivity contribution < 1.29 is 4.79 Å². The van der Waals surface area contributed by atoms with E-state index >= 15 is 0 Å². The summed E-state index contributed by atoms with van der Waals surface area (Å²) in [5.74, 6) is -0.398. The van der Waals surface area contributed by atoms with Crippen molar-refractivity contribution in [2.45, 2.75) is 13.3 Å². The van der Waals surface area contributed by atoms with Crippen LogP contribution < -0.4 is 10.9 Å². The second-order valence-electron chi connectivity index (χ2n) is 3.65. The maximum Gasteiger partial charge on any atom is 0.271 e. The molecule has 0 atom stereocenters. The van der Waals surface area contributed by atoms with Crippen LogP contribution in [-0.4, -0.2) is 21.8 Å². The largest absolute Gasteiger partial charge is 0.348 e. The lowest BCUT2D eigenvalue weighted by molar-refractivity contribution is 0.0955. The Morgan fingerprint density at radius 3 is 3.11 bits per heavy atom. The molecule has 0 aliphatic carbocycles. The number of aryl methyl sites for hydroxylation is 1. The first-order valence-electron chi connectivity index (χ1n) is 5.56. The highest BCUT2D eigenvalue weighted by atomic mass is 32.1. The van der Waals surface area contributed by atoms with E-state index in [1.165, 1.54) is 15.7 Å². The van der Waals surface area contributed by atoms with Crippen molar-refractivity contribution in [2.24, 2.45) is 0 Å². The molecule has 18 heavy (non-hydrogen) atoms. The average Bonchev–Trinajstić information content (AvgIpc) is 2.84. The van der Waals surface area contributed by atoms with Crippen molar-refractivity contribution in [1.29, 1.82) is 0 Å². The normalized spacial score (nSPS) is 10.5. The van der Waals surface area contributed by atoms with Crippen LogP contribution in [0, 0.1) is 0 Å². The van der Waals surface area contributed by atoms with Gasteiger partial charge in [-0.05, 0) is 6.42 Å². The van der Waals surface area contributed by atoms with Crippen LogP contribution in [0.4, 0.5) is 0 Å². The molecule has 2 rings (SSSR count). The molecule has 2 heterocycles. The quantitative estimate of drug-likeness (QED) is 0.844. The van der Waals surface area contributed by atoms with Crippen molar-refractivity contribution in [1.82, 2.24) is 14.7 Å². The van der Waals surface area contributed by atoms with Gasteiger partial charge in [0.1, 0.15) is 5.56 Å². The minimum Gasteiger partial charge on any atom is -0.348 e. The standard InChI is InChI=1S/C12H13N3O2S/c1-3-5-13-10(16)9-8(4-2)14-12-15(11(9)17)6-7-18-12/h3,6-7H,1,4-5H2,2H3,(H,13,16). The van der Waals surface area contributed by atoms with E-state index < -0.39 is 5.91 Å². The van der Waals surface area contributed by atoms with E-state index in [0.717, 1.165) is 0 Å². The number of carbonyl (C=O) groups is 1. The number of fused-ring (bicyclic) bond motifs is 1. The van der Waals surface area contributed by atoms with Gasteiger partial charge in [0.2, 0.25) is 0 Å². The van der Waals surface area contributed by atoms with Crippen molar-refractivity contribution in [3.63, 3.8) is 0 Å². The van der Waals surface area contributed by atoms with E-state index in [4.69, 9.17) is 0 Å². The molecule has 1 amide bonds. The van der Waals surface area contributed by atoms with E-state index in [1.54, 1.807) is 17.7 Å². The maximum absolute atomic E-state index is 12.2. The predicted octanol–water partition coefficient (Wildman–Crippen LogP) is 1.23. The zero-order valence-electron chi connectivity index (χ0n) is 9.97. The monoisotopic (exact) mass is 263 g/mol. The number of amides is 1. The summed E-state index contributed by atoms with van der Waals surface area (Å²) in [6, 6.07) is 0. The van der Waals surface area contributed by atoms with Crippen LogP contribution in [0.25, 0.3) is 4.96 Å². The van der Waals surface area contributed by atoms with Crippen LogP contribution in [0.3, 0.4) is 0 Å². The Kier molecular flexibility index (Phi) is 3.57. The number of hydrogen-bond donors (Lipinski definition) is 1. The van der Waals surface area contributed by atoms with Gasteiger partial charge in [0.15, 0.2) is 4.96 Å². The molecule has 2 aromatic heterocycles. The lowest BCUT2D eigenvalue weighted by Crippen LogP contribution is -2.33. The summed E-state index contributed by atoms with van der Waals surface area (Å²) < 4.78 is 1.40. The SMILES string of the molecule is C=CCNC(=O)c1c(CC)nc2sccn2c1=O. The van der Waals surface area contributed by atoms with Crippen LogP contribution in [0.15, 0.2) is 29.0 Å². The number of nitrogens with one attached hydrogen (secondary N) is 1. The number of hydrogen-bond acceptors (Lipinski definition) is 4. The lowest BCUT2D eigenvalue weighted by atomic mass is 10.1. The molecule has 0 aliphatic heterocycles. The lowest BCUT2D eigenvalue weighted by Gasteiger charge is -2.06. The third-order valence-corrected chi connectivity index (χ3v) is 3.27. The smallest absolute Gasteiger partial charge is 0.271 e. The summed E-state index contributed by atoms with van der Waals surface area (Å²) in [6.45, 7) is 5.72. The van der Waals surface area contributed by atoms with Crippen LogP contribution >= 0.6 is 11.3 Å². The van der Waals surface area contributed by atoms with E-state index in [2.05, 4.69) is 16.9 Å². The summed E-state index contributed by atoms with van der Waals surface area (Å²) in [6.07, 6.45) is 3.73. The molecule has 5 nitrogen and oxygen atoms in total. The molecule has 2 aromatic rings. The maximum atomic E-state index is 12.2. The third kappa shape index (κ3) is 2.06. The molecule has 0 fully saturated rings. The molecule has 0 saturated heterocycles. The Morgan fingerprint density at radius 2 is 2.44 bits per heavy atom. The van der Waals surface area contributed by atoms with Crippen molar-refractivity contribution in [2.75, 3.05) is 6.54 Å². The summed E-state index contributed by atoms with van der Waals surface area (Å²) in [7, 11) is 0. The highest BCUT2D eigenvalue weighted by Crippen LogP contribution is 2.10. The van der Waals surface area contributed by atoms with Crippen LogP contribution in [0.2, 0.25) is 0 Å². The minimum absolute atomic E-state index is 0.121. The molecule has 0 aromatic carbocycles. The van der Waals surface area contributed by atoms with Gasteiger partial charge in [0, 0.05) is 18.1 Å². The molecule has 0 unspecified atom stereocenters. The van der Waals surface area contributed by atoms with E-state index in [1.807, 2.05) is 6.92 Å². The van der Waals surface area contributed by atoms with Crippen LogP contribution in [0.1, 0.15) is 23.0 Å². The first-order chi connectivity index (χ1) is 8.69. The van der Waals surface area contributed by atoms with Gasteiger partial charge in [0.25, 0.3) is 11.5 Å². The molecule has 0 saturated carbocycles.